The van der Waals surface area contributed by atoms with Crippen LogP contribution in [0.2, 0.25) is 0 Å². The van der Waals surface area contributed by atoms with E-state index in [0.29, 0.717) is 5.69 Å². The molecular weight excluding hydrogens is 292 g/mol. The number of carboxylic acid groups (broad SMARTS) is 1. The number of sulfonamides is 1. The number of nitrogens with one attached hydrogen (secondary N) is 2. The highest BCUT2D eigenvalue weighted by atomic mass is 32.2. The van der Waals surface area contributed by atoms with E-state index in [1.54, 1.807) is 0 Å². The van der Waals surface area contributed by atoms with Crippen molar-refractivity contribution in [1.29, 1.82) is 0 Å². The normalized spacial score (nSPS) is 12.7. The van der Waals surface area contributed by atoms with Gasteiger partial charge in [-0.05, 0) is 31.5 Å². The predicted octanol–water partition coefficient (Wildman–Crippen LogP) is 2.06. The number of benzene rings is 1. The monoisotopic (exact) mass is 312 g/mol. The van der Waals surface area contributed by atoms with Crippen molar-refractivity contribution in [3.05, 3.63) is 36.4 Å². The molecule has 0 amide bonds. The molecule has 0 aliphatic rings. The highest BCUT2D eigenvalue weighted by Gasteiger charge is 2.20. The number of rotatable bonds is 8. The third-order valence-electron chi connectivity index (χ3n) is 2.95. The molecule has 1 rings (SSSR count). The Balaban J connectivity index is 3.31. The van der Waals surface area contributed by atoms with E-state index in [4.69, 9.17) is 5.11 Å². The van der Waals surface area contributed by atoms with Gasteiger partial charge in [0.2, 0.25) is 10.0 Å². The lowest BCUT2D eigenvalue weighted by molar-refractivity contribution is 0.0696. The van der Waals surface area contributed by atoms with Crippen LogP contribution < -0.4 is 10.0 Å². The summed E-state index contributed by atoms with van der Waals surface area (Å²) < 4.78 is 26.9. The molecule has 6 nitrogen and oxygen atoms in total. The van der Waals surface area contributed by atoms with E-state index >= 15 is 0 Å². The van der Waals surface area contributed by atoms with Crippen molar-refractivity contribution >= 4 is 21.7 Å². The number of carbonyl (C=O) groups is 1. The fourth-order valence-electron chi connectivity index (χ4n) is 1.61. The first-order valence-electron chi connectivity index (χ1n) is 6.56. The Labute approximate surface area is 124 Å². The van der Waals surface area contributed by atoms with Gasteiger partial charge in [0.25, 0.3) is 0 Å². The Hall–Kier alpha value is -1.86. The molecule has 0 heterocycles. The molecule has 21 heavy (non-hydrogen) atoms. The molecule has 7 heteroatoms. The van der Waals surface area contributed by atoms with Crippen LogP contribution in [-0.4, -0.2) is 32.1 Å². The molecule has 1 aromatic carbocycles. The van der Waals surface area contributed by atoms with Crippen LogP contribution >= 0.6 is 0 Å². The summed E-state index contributed by atoms with van der Waals surface area (Å²) in [4.78, 5) is 11.0. The Kier molecular flexibility index (Phi) is 5.92. The second-order valence-electron chi connectivity index (χ2n) is 4.61. The molecule has 0 radical (unpaired) electrons. The van der Waals surface area contributed by atoms with E-state index in [1.165, 1.54) is 18.2 Å². The fourth-order valence-corrected chi connectivity index (χ4v) is 2.80. The van der Waals surface area contributed by atoms with Crippen molar-refractivity contribution < 1.29 is 18.3 Å². The van der Waals surface area contributed by atoms with Crippen molar-refractivity contribution in [1.82, 2.24) is 4.72 Å². The third kappa shape index (κ3) is 4.57. The maximum Gasteiger partial charge on any atom is 0.335 e. The van der Waals surface area contributed by atoms with Crippen LogP contribution in [0, 0.1) is 0 Å². The van der Waals surface area contributed by atoms with Gasteiger partial charge in [0, 0.05) is 12.6 Å². The van der Waals surface area contributed by atoms with E-state index in [-0.39, 0.29) is 23.0 Å². The van der Waals surface area contributed by atoms with Gasteiger partial charge in [-0.2, -0.15) is 0 Å². The molecule has 116 valence electrons. The minimum Gasteiger partial charge on any atom is -0.478 e. The first-order chi connectivity index (χ1) is 9.81. The lowest BCUT2D eigenvalue weighted by Crippen LogP contribution is -2.26. The zero-order valence-corrected chi connectivity index (χ0v) is 12.9. The zero-order chi connectivity index (χ0) is 16.0. The van der Waals surface area contributed by atoms with E-state index < -0.39 is 16.0 Å². The van der Waals surface area contributed by atoms with Gasteiger partial charge in [-0.3, -0.25) is 0 Å². The zero-order valence-electron chi connectivity index (χ0n) is 12.1. The number of hydrogen-bond donors (Lipinski definition) is 3. The highest BCUT2D eigenvalue weighted by Crippen LogP contribution is 2.24. The summed E-state index contributed by atoms with van der Waals surface area (Å²) in [6.45, 7) is 7.40. The SMILES string of the molecule is C=CCNS(=O)(=O)c1cc(C(=O)O)ccc1N[C@@H](C)CC. The first-order valence-corrected chi connectivity index (χ1v) is 8.04. The van der Waals surface area contributed by atoms with Crippen molar-refractivity contribution in [3.63, 3.8) is 0 Å². The van der Waals surface area contributed by atoms with Crippen LogP contribution in [0.15, 0.2) is 35.7 Å². The molecule has 1 aromatic rings. The van der Waals surface area contributed by atoms with Crippen molar-refractivity contribution in [3.8, 4) is 0 Å². The Morgan fingerprint density at radius 3 is 2.67 bits per heavy atom. The van der Waals surface area contributed by atoms with E-state index in [0.717, 1.165) is 12.5 Å². The third-order valence-corrected chi connectivity index (χ3v) is 4.41. The average molecular weight is 312 g/mol. The number of aromatic carboxylic acids is 1. The summed E-state index contributed by atoms with van der Waals surface area (Å²) in [6.07, 6.45) is 2.22. The molecule has 0 unspecified atom stereocenters. The molecule has 0 aliphatic carbocycles. The summed E-state index contributed by atoms with van der Waals surface area (Å²) in [6, 6.07) is 4.06. The van der Waals surface area contributed by atoms with Gasteiger partial charge in [0.15, 0.2) is 0 Å². The maximum absolute atomic E-state index is 12.3. The summed E-state index contributed by atoms with van der Waals surface area (Å²) in [7, 11) is -3.81. The van der Waals surface area contributed by atoms with Gasteiger partial charge in [-0.1, -0.05) is 13.0 Å². The molecule has 0 aromatic heterocycles. The summed E-state index contributed by atoms with van der Waals surface area (Å²) in [5.41, 5.74) is 0.301. The first kappa shape index (κ1) is 17.2. The molecule has 0 spiro atoms. The van der Waals surface area contributed by atoms with E-state index in [9.17, 15) is 13.2 Å². The molecule has 0 aliphatic heterocycles. The van der Waals surface area contributed by atoms with E-state index in [1.807, 2.05) is 13.8 Å². The van der Waals surface area contributed by atoms with Crippen molar-refractivity contribution in [2.45, 2.75) is 31.2 Å². The standard InChI is InChI=1S/C14H20N2O4S/c1-4-8-15-21(19,20)13-9-11(14(17)18)6-7-12(13)16-10(3)5-2/h4,6-7,9-10,15-16H,1,5,8H2,2-3H3,(H,17,18)/t10-/m0/s1. The average Bonchev–Trinajstić information content (AvgIpc) is 2.45. The number of anilines is 1. The quantitative estimate of drug-likeness (QED) is 0.639. The smallest absolute Gasteiger partial charge is 0.335 e. The molecule has 0 bridgehead atoms. The maximum atomic E-state index is 12.3. The second kappa shape index (κ2) is 7.24. The molecule has 3 N–H and O–H groups in total. The van der Waals surface area contributed by atoms with Crippen LogP contribution in [0.25, 0.3) is 0 Å². The van der Waals surface area contributed by atoms with Crippen LogP contribution in [0.5, 0.6) is 0 Å². The Bertz CT molecular complexity index is 626. The van der Waals surface area contributed by atoms with Gasteiger partial charge >= 0.3 is 5.97 Å². The van der Waals surface area contributed by atoms with Gasteiger partial charge < -0.3 is 10.4 Å². The van der Waals surface area contributed by atoms with Crippen LogP contribution in [0.1, 0.15) is 30.6 Å². The van der Waals surface area contributed by atoms with Crippen molar-refractivity contribution in [2.24, 2.45) is 0 Å². The Morgan fingerprint density at radius 2 is 2.14 bits per heavy atom. The fraction of sp³-hybridized carbons (Fsp3) is 0.357. The minimum absolute atomic E-state index is 0.0639. The van der Waals surface area contributed by atoms with Gasteiger partial charge in [0.05, 0.1) is 11.3 Å². The molecule has 0 saturated heterocycles. The van der Waals surface area contributed by atoms with Gasteiger partial charge in [-0.15, -0.1) is 6.58 Å². The summed E-state index contributed by atoms with van der Waals surface area (Å²) >= 11 is 0. The lowest BCUT2D eigenvalue weighted by atomic mass is 10.2. The molecule has 0 saturated carbocycles. The van der Waals surface area contributed by atoms with E-state index in [2.05, 4.69) is 16.6 Å². The highest BCUT2D eigenvalue weighted by molar-refractivity contribution is 7.89. The van der Waals surface area contributed by atoms with Gasteiger partial charge in [0.1, 0.15) is 4.90 Å². The minimum atomic E-state index is -3.81. The van der Waals surface area contributed by atoms with Crippen LogP contribution in [0.3, 0.4) is 0 Å². The van der Waals surface area contributed by atoms with Gasteiger partial charge in [-0.25, -0.2) is 17.9 Å². The summed E-state index contributed by atoms with van der Waals surface area (Å²) in [5, 5.41) is 12.1. The lowest BCUT2D eigenvalue weighted by Gasteiger charge is -2.17. The Morgan fingerprint density at radius 1 is 1.48 bits per heavy atom. The van der Waals surface area contributed by atoms with Crippen molar-refractivity contribution in [2.75, 3.05) is 11.9 Å². The molecule has 0 fully saturated rings. The largest absolute Gasteiger partial charge is 0.478 e. The topological polar surface area (TPSA) is 95.5 Å². The summed E-state index contributed by atoms with van der Waals surface area (Å²) in [5.74, 6) is -1.18. The van der Waals surface area contributed by atoms with Crippen LogP contribution in [-0.2, 0) is 10.0 Å². The predicted molar refractivity (Wildman–Crippen MR) is 82.2 cm³/mol. The molecular formula is C14H20N2O4S. The second-order valence-corrected chi connectivity index (χ2v) is 6.35. The number of hydrogen-bond acceptors (Lipinski definition) is 4. The number of carboxylic acids is 1. The molecule has 1 atom stereocenters. The van der Waals surface area contributed by atoms with Crippen LogP contribution in [0.4, 0.5) is 5.69 Å².